The van der Waals surface area contributed by atoms with Crippen molar-refractivity contribution in [3.8, 4) is 0 Å². The Morgan fingerprint density at radius 3 is 2.40 bits per heavy atom. The molecule has 0 unspecified atom stereocenters. The number of rotatable bonds is 4. The second-order valence-corrected chi connectivity index (χ2v) is 8.39. The molecule has 6 heteroatoms. The smallest absolute Gasteiger partial charge is 0.225 e. The molecule has 25 heavy (non-hydrogen) atoms. The van der Waals surface area contributed by atoms with Crippen molar-refractivity contribution in [2.24, 2.45) is 0 Å². The molecular weight excluding hydrogens is 332 g/mol. The summed E-state index contributed by atoms with van der Waals surface area (Å²) in [7, 11) is 0. The number of aromatic nitrogens is 3. The molecule has 2 aromatic heterocycles. The van der Waals surface area contributed by atoms with Crippen molar-refractivity contribution in [3.05, 3.63) is 39.6 Å². The van der Waals surface area contributed by atoms with Crippen molar-refractivity contribution < 1.29 is 4.79 Å². The van der Waals surface area contributed by atoms with E-state index in [4.69, 9.17) is 0 Å². The summed E-state index contributed by atoms with van der Waals surface area (Å²) in [5.74, 6) is 0.753. The van der Waals surface area contributed by atoms with Gasteiger partial charge in [-0.1, -0.05) is 20.8 Å². The highest BCUT2D eigenvalue weighted by Gasteiger charge is 2.22. The Hall–Kier alpha value is -2.08. The van der Waals surface area contributed by atoms with Crippen LogP contribution < -0.4 is 4.90 Å². The average molecular weight is 356 g/mol. The Bertz CT molecular complexity index is 781. The van der Waals surface area contributed by atoms with Gasteiger partial charge in [-0.3, -0.25) is 4.79 Å². The molecule has 132 valence electrons. The fourth-order valence-corrected chi connectivity index (χ4v) is 3.74. The summed E-state index contributed by atoms with van der Waals surface area (Å²) in [6, 6.07) is 0. The molecule has 0 aliphatic carbocycles. The van der Waals surface area contributed by atoms with Gasteiger partial charge in [0.2, 0.25) is 5.95 Å². The number of nitrogens with zero attached hydrogens (tertiary/aromatic N) is 4. The SMILES string of the molecule is Cc1nc(C(C)(C)C)sc1C(=O)C=Cc1cnc(N2CCCC2)nc1. The quantitative estimate of drug-likeness (QED) is 0.611. The molecular formula is C19H24N4OS. The summed E-state index contributed by atoms with van der Waals surface area (Å²) in [4.78, 5) is 28.7. The van der Waals surface area contributed by atoms with Crippen molar-refractivity contribution in [2.45, 2.75) is 46.0 Å². The van der Waals surface area contributed by atoms with Crippen LogP contribution in [0.2, 0.25) is 0 Å². The van der Waals surface area contributed by atoms with Gasteiger partial charge >= 0.3 is 0 Å². The minimum atomic E-state index is -0.0447. The molecule has 0 amide bonds. The molecule has 0 saturated carbocycles. The molecule has 0 spiro atoms. The van der Waals surface area contributed by atoms with Crippen molar-refractivity contribution in [1.82, 2.24) is 15.0 Å². The summed E-state index contributed by atoms with van der Waals surface area (Å²) < 4.78 is 0. The zero-order chi connectivity index (χ0) is 18.0. The van der Waals surface area contributed by atoms with Crippen LogP contribution in [0, 0.1) is 6.92 Å². The van der Waals surface area contributed by atoms with Crippen molar-refractivity contribution in [2.75, 3.05) is 18.0 Å². The number of anilines is 1. The molecule has 3 rings (SSSR count). The number of ketones is 1. The highest BCUT2D eigenvalue weighted by molar-refractivity contribution is 7.14. The Morgan fingerprint density at radius 1 is 1.20 bits per heavy atom. The van der Waals surface area contributed by atoms with E-state index in [1.165, 1.54) is 24.2 Å². The number of thiazole rings is 1. The topological polar surface area (TPSA) is 59.0 Å². The number of allylic oxidation sites excluding steroid dienone is 1. The molecule has 0 atom stereocenters. The third-order valence-corrected chi connectivity index (χ3v) is 5.73. The Kier molecular flexibility index (Phi) is 4.99. The Labute approximate surface area is 152 Å². The van der Waals surface area contributed by atoms with E-state index in [0.29, 0.717) is 4.88 Å². The first kappa shape index (κ1) is 17.7. The molecule has 1 aliphatic heterocycles. The van der Waals surface area contributed by atoms with Gasteiger partial charge in [0.25, 0.3) is 0 Å². The van der Waals surface area contributed by atoms with Crippen LogP contribution in [0.4, 0.5) is 5.95 Å². The fourth-order valence-electron chi connectivity index (χ4n) is 2.69. The molecule has 0 N–H and O–H groups in total. The maximum Gasteiger partial charge on any atom is 0.225 e. The summed E-state index contributed by atoms with van der Waals surface area (Å²) >= 11 is 1.48. The molecule has 2 aromatic rings. The minimum Gasteiger partial charge on any atom is -0.341 e. The molecule has 5 nitrogen and oxygen atoms in total. The van der Waals surface area contributed by atoms with Crippen LogP contribution in [0.25, 0.3) is 6.08 Å². The van der Waals surface area contributed by atoms with Gasteiger partial charge in [-0.25, -0.2) is 15.0 Å². The molecule has 1 fully saturated rings. The number of carbonyl (C=O) groups excluding carboxylic acids is 1. The molecule has 0 aromatic carbocycles. The number of carbonyl (C=O) groups is 1. The van der Waals surface area contributed by atoms with Crippen molar-refractivity contribution in [1.29, 1.82) is 0 Å². The first-order chi connectivity index (χ1) is 11.8. The van der Waals surface area contributed by atoms with E-state index in [9.17, 15) is 4.79 Å². The third-order valence-electron chi connectivity index (χ3n) is 4.14. The predicted molar refractivity (Wildman–Crippen MR) is 102 cm³/mol. The van der Waals surface area contributed by atoms with E-state index in [-0.39, 0.29) is 11.2 Å². The second-order valence-electron chi connectivity index (χ2n) is 7.39. The summed E-state index contributed by atoms with van der Waals surface area (Å²) in [5.41, 5.74) is 1.58. The van der Waals surface area contributed by atoms with E-state index in [1.807, 2.05) is 6.92 Å². The summed E-state index contributed by atoms with van der Waals surface area (Å²) in [5, 5.41) is 0.986. The predicted octanol–water partition coefficient (Wildman–Crippen LogP) is 4.04. The van der Waals surface area contributed by atoms with E-state index in [1.54, 1.807) is 24.5 Å². The molecule has 1 saturated heterocycles. The normalized spacial score (nSPS) is 15.3. The van der Waals surface area contributed by atoms with Gasteiger partial charge < -0.3 is 4.90 Å². The Morgan fingerprint density at radius 2 is 1.84 bits per heavy atom. The lowest BCUT2D eigenvalue weighted by Gasteiger charge is -2.14. The van der Waals surface area contributed by atoms with Crippen molar-refractivity contribution in [3.63, 3.8) is 0 Å². The second kappa shape index (κ2) is 7.04. The van der Waals surface area contributed by atoms with E-state index < -0.39 is 0 Å². The summed E-state index contributed by atoms with van der Waals surface area (Å²) in [6.07, 6.45) is 9.29. The lowest BCUT2D eigenvalue weighted by molar-refractivity contribution is 0.105. The van der Waals surface area contributed by atoms with Gasteiger partial charge in [-0.15, -0.1) is 11.3 Å². The van der Waals surface area contributed by atoms with Crippen LogP contribution in [0.3, 0.4) is 0 Å². The van der Waals surface area contributed by atoms with Crippen LogP contribution in [0.1, 0.15) is 59.5 Å². The van der Waals surface area contributed by atoms with Crippen LogP contribution in [0.5, 0.6) is 0 Å². The average Bonchev–Trinajstić information content (AvgIpc) is 3.22. The van der Waals surface area contributed by atoms with Crippen LogP contribution >= 0.6 is 11.3 Å². The maximum absolute atomic E-state index is 12.5. The van der Waals surface area contributed by atoms with Gasteiger partial charge in [0.1, 0.15) is 0 Å². The third kappa shape index (κ3) is 4.12. The molecule has 0 radical (unpaired) electrons. The van der Waals surface area contributed by atoms with Crippen LogP contribution in [0.15, 0.2) is 18.5 Å². The highest BCUT2D eigenvalue weighted by atomic mass is 32.1. The minimum absolute atomic E-state index is 0.0193. The van der Waals surface area contributed by atoms with Crippen LogP contribution in [-0.2, 0) is 5.41 Å². The van der Waals surface area contributed by atoms with Gasteiger partial charge in [0.15, 0.2) is 5.78 Å². The largest absolute Gasteiger partial charge is 0.341 e. The maximum atomic E-state index is 12.5. The van der Waals surface area contributed by atoms with E-state index in [0.717, 1.165) is 35.3 Å². The molecule has 3 heterocycles. The number of hydrogen-bond acceptors (Lipinski definition) is 6. The Balaban J connectivity index is 1.71. The summed E-state index contributed by atoms with van der Waals surface area (Å²) in [6.45, 7) is 10.3. The zero-order valence-corrected chi connectivity index (χ0v) is 16.1. The fraction of sp³-hybridized carbons (Fsp3) is 0.474. The molecule has 1 aliphatic rings. The standard InChI is InChI=1S/C19H24N4OS/c1-13-16(25-17(22-13)19(2,3)4)15(24)8-7-14-11-20-18(21-12-14)23-9-5-6-10-23/h7-8,11-12H,5-6,9-10H2,1-4H3. The first-order valence-electron chi connectivity index (χ1n) is 8.62. The van der Waals surface area contributed by atoms with Gasteiger partial charge in [-0.05, 0) is 31.9 Å². The van der Waals surface area contributed by atoms with Gasteiger partial charge in [0.05, 0.1) is 15.6 Å². The van der Waals surface area contributed by atoms with E-state index in [2.05, 4.69) is 40.6 Å². The van der Waals surface area contributed by atoms with Gasteiger partial charge in [0, 0.05) is 36.5 Å². The first-order valence-corrected chi connectivity index (χ1v) is 9.43. The highest BCUT2D eigenvalue weighted by Crippen LogP contribution is 2.29. The number of aryl methyl sites for hydroxylation is 1. The van der Waals surface area contributed by atoms with Gasteiger partial charge in [-0.2, -0.15) is 0 Å². The molecule has 0 bridgehead atoms. The lowest BCUT2D eigenvalue weighted by Crippen LogP contribution is -2.20. The number of hydrogen-bond donors (Lipinski definition) is 0. The monoisotopic (exact) mass is 356 g/mol. The van der Waals surface area contributed by atoms with Crippen LogP contribution in [-0.4, -0.2) is 33.8 Å². The van der Waals surface area contributed by atoms with E-state index >= 15 is 0 Å². The lowest BCUT2D eigenvalue weighted by atomic mass is 9.98. The van der Waals surface area contributed by atoms with Crippen molar-refractivity contribution >= 4 is 29.1 Å². The zero-order valence-electron chi connectivity index (χ0n) is 15.2.